The minimum atomic E-state index is -0.625. The molecule has 0 heterocycles. The average molecular weight is 367 g/mol. The predicted octanol–water partition coefficient (Wildman–Crippen LogP) is 5.93. The summed E-state index contributed by atoms with van der Waals surface area (Å²) in [6.45, 7) is 0. The number of anilines is 1. The zero-order valence-electron chi connectivity index (χ0n) is 15.1. The molecule has 132 valence electrons. The van der Waals surface area contributed by atoms with Crippen LogP contribution in [-0.2, 0) is 0 Å². The number of hydrogen-bond donors (Lipinski definition) is 1. The van der Waals surface area contributed by atoms with Crippen LogP contribution in [0, 0.1) is 0 Å². The first-order valence-corrected chi connectivity index (χ1v) is 10.6. The smallest absolute Gasteiger partial charge is 0.0793 e. The van der Waals surface area contributed by atoms with E-state index in [1.165, 1.54) is 16.2 Å². The summed E-state index contributed by atoms with van der Waals surface area (Å²) in [6, 6.07) is 43.0. The summed E-state index contributed by atoms with van der Waals surface area (Å²) in [5, 5.41) is 6.56. The largest absolute Gasteiger partial charge is 0.374 e. The Morgan fingerprint density at radius 2 is 0.889 bits per heavy atom. The van der Waals surface area contributed by atoms with Crippen molar-refractivity contribution in [3.63, 3.8) is 0 Å². The van der Waals surface area contributed by atoms with Crippen molar-refractivity contribution >= 4 is 24.2 Å². The first-order valence-electron chi connectivity index (χ1n) is 9.18. The minimum Gasteiger partial charge on any atom is -0.374 e. The van der Waals surface area contributed by atoms with Crippen LogP contribution in [0.5, 0.6) is 0 Å². The van der Waals surface area contributed by atoms with Gasteiger partial charge in [-0.3, -0.25) is 0 Å². The number of rotatable bonds is 6. The minimum absolute atomic E-state index is 0.188. The summed E-state index contributed by atoms with van der Waals surface area (Å²) >= 11 is 0. The maximum atomic E-state index is 3.82. The summed E-state index contributed by atoms with van der Waals surface area (Å²) in [5.41, 5.74) is 2.45. The number of nitrogens with one attached hydrogen (secondary N) is 1. The number of hydrogen-bond acceptors (Lipinski definition) is 1. The van der Waals surface area contributed by atoms with Crippen LogP contribution in [0.2, 0.25) is 0 Å². The van der Waals surface area contributed by atoms with Crippen LogP contribution in [0.15, 0.2) is 121 Å². The molecular formula is C25H22NP. The van der Waals surface area contributed by atoms with Crippen LogP contribution in [0.25, 0.3) is 0 Å². The van der Waals surface area contributed by atoms with E-state index in [1.54, 1.807) is 0 Å². The molecule has 1 nitrogen and oxygen atoms in total. The van der Waals surface area contributed by atoms with Crippen molar-refractivity contribution in [3.05, 3.63) is 127 Å². The number of benzene rings is 4. The molecule has 0 bridgehead atoms. The topological polar surface area (TPSA) is 12.0 Å². The third kappa shape index (κ3) is 4.27. The van der Waals surface area contributed by atoms with E-state index in [1.807, 2.05) is 0 Å². The molecule has 4 aromatic carbocycles. The molecule has 0 aromatic heterocycles. The van der Waals surface area contributed by atoms with Gasteiger partial charge < -0.3 is 5.32 Å². The maximum Gasteiger partial charge on any atom is 0.0793 e. The zero-order valence-corrected chi connectivity index (χ0v) is 16.0. The molecule has 0 spiro atoms. The first-order chi connectivity index (χ1) is 13.4. The van der Waals surface area contributed by atoms with Gasteiger partial charge in [0.05, 0.1) is 5.78 Å². The van der Waals surface area contributed by atoms with Crippen LogP contribution in [-0.4, -0.2) is 0 Å². The molecule has 0 saturated heterocycles. The highest BCUT2D eigenvalue weighted by molar-refractivity contribution is 7.73. The number of para-hydroxylation sites is 1. The van der Waals surface area contributed by atoms with Gasteiger partial charge in [-0.15, -0.1) is 0 Å². The van der Waals surface area contributed by atoms with Gasteiger partial charge in [0.2, 0.25) is 0 Å². The van der Waals surface area contributed by atoms with Gasteiger partial charge >= 0.3 is 0 Å². The molecule has 1 N–H and O–H groups in total. The second-order valence-electron chi connectivity index (χ2n) is 6.36. The van der Waals surface area contributed by atoms with E-state index in [0.717, 1.165) is 5.69 Å². The molecule has 0 aliphatic rings. The first kappa shape index (κ1) is 17.5. The fourth-order valence-corrected chi connectivity index (χ4v) is 5.88. The lowest BCUT2D eigenvalue weighted by Crippen LogP contribution is -2.22. The molecule has 0 aliphatic carbocycles. The third-order valence-corrected chi connectivity index (χ3v) is 7.17. The van der Waals surface area contributed by atoms with Crippen molar-refractivity contribution in [1.82, 2.24) is 0 Å². The summed E-state index contributed by atoms with van der Waals surface area (Å²) in [5.74, 6) is 0.188. The molecule has 4 aromatic rings. The van der Waals surface area contributed by atoms with Gasteiger partial charge in [-0.25, -0.2) is 0 Å². The summed E-state index contributed by atoms with van der Waals surface area (Å²) in [7, 11) is -0.625. The highest BCUT2D eigenvalue weighted by Gasteiger charge is 2.26. The summed E-state index contributed by atoms with van der Waals surface area (Å²) < 4.78 is 0. The Balaban J connectivity index is 1.83. The predicted molar refractivity (Wildman–Crippen MR) is 118 cm³/mol. The lowest BCUT2D eigenvalue weighted by Gasteiger charge is -2.30. The van der Waals surface area contributed by atoms with Crippen LogP contribution >= 0.6 is 7.92 Å². The van der Waals surface area contributed by atoms with Gasteiger partial charge in [0.1, 0.15) is 0 Å². The molecule has 1 atom stereocenters. The quantitative estimate of drug-likeness (QED) is 0.417. The Morgan fingerprint density at radius 3 is 1.37 bits per heavy atom. The lowest BCUT2D eigenvalue weighted by molar-refractivity contribution is 1.10. The van der Waals surface area contributed by atoms with Crippen LogP contribution in [0.3, 0.4) is 0 Å². The highest BCUT2D eigenvalue weighted by atomic mass is 31.1. The van der Waals surface area contributed by atoms with Gasteiger partial charge in [-0.1, -0.05) is 109 Å². The normalized spacial score (nSPS) is 11.9. The van der Waals surface area contributed by atoms with E-state index in [9.17, 15) is 0 Å². The van der Waals surface area contributed by atoms with Crippen molar-refractivity contribution in [2.45, 2.75) is 5.78 Å². The average Bonchev–Trinajstić information content (AvgIpc) is 2.76. The molecule has 27 heavy (non-hydrogen) atoms. The fourth-order valence-electron chi connectivity index (χ4n) is 3.25. The van der Waals surface area contributed by atoms with Gasteiger partial charge in [-0.05, 0) is 36.2 Å². The Hall–Kier alpha value is -2.89. The van der Waals surface area contributed by atoms with E-state index in [4.69, 9.17) is 0 Å². The zero-order chi connectivity index (χ0) is 18.3. The lowest BCUT2D eigenvalue weighted by atomic mass is 10.2. The van der Waals surface area contributed by atoms with Crippen molar-refractivity contribution in [1.29, 1.82) is 0 Å². The molecule has 0 radical (unpaired) electrons. The fraction of sp³-hybridized carbons (Fsp3) is 0.0400. The molecule has 1 unspecified atom stereocenters. The summed E-state index contributed by atoms with van der Waals surface area (Å²) in [6.07, 6.45) is 0. The van der Waals surface area contributed by atoms with Gasteiger partial charge in [0.15, 0.2) is 0 Å². The molecular weight excluding hydrogens is 345 g/mol. The molecule has 2 heteroatoms. The third-order valence-electron chi connectivity index (χ3n) is 4.52. The molecule has 0 aliphatic heterocycles. The van der Waals surface area contributed by atoms with Crippen LogP contribution < -0.4 is 15.9 Å². The van der Waals surface area contributed by atoms with E-state index in [2.05, 4.69) is 127 Å². The molecule has 0 fully saturated rings. The monoisotopic (exact) mass is 367 g/mol. The second kappa shape index (κ2) is 8.66. The van der Waals surface area contributed by atoms with Gasteiger partial charge in [0.25, 0.3) is 0 Å². The summed E-state index contributed by atoms with van der Waals surface area (Å²) in [4.78, 5) is 0. The molecule has 4 rings (SSSR count). The van der Waals surface area contributed by atoms with E-state index >= 15 is 0 Å². The Kier molecular flexibility index (Phi) is 5.62. The molecule has 0 saturated carbocycles. The van der Waals surface area contributed by atoms with E-state index in [0.29, 0.717) is 0 Å². The van der Waals surface area contributed by atoms with Crippen molar-refractivity contribution in [2.75, 3.05) is 5.32 Å². The van der Waals surface area contributed by atoms with Crippen molar-refractivity contribution in [3.8, 4) is 0 Å². The highest BCUT2D eigenvalue weighted by Crippen LogP contribution is 2.49. The molecule has 0 amide bonds. The second-order valence-corrected chi connectivity index (χ2v) is 8.65. The van der Waals surface area contributed by atoms with Gasteiger partial charge in [0, 0.05) is 5.69 Å². The SMILES string of the molecule is c1ccc(NC(c2ccccc2)P(c2ccccc2)c2ccccc2)cc1. The Morgan fingerprint density at radius 1 is 0.481 bits per heavy atom. The van der Waals surface area contributed by atoms with E-state index < -0.39 is 7.92 Å². The van der Waals surface area contributed by atoms with Crippen molar-refractivity contribution in [2.24, 2.45) is 0 Å². The maximum absolute atomic E-state index is 3.82. The van der Waals surface area contributed by atoms with E-state index in [-0.39, 0.29) is 5.78 Å². The van der Waals surface area contributed by atoms with Crippen molar-refractivity contribution < 1.29 is 0 Å². The van der Waals surface area contributed by atoms with Crippen LogP contribution in [0.1, 0.15) is 11.3 Å². The van der Waals surface area contributed by atoms with Crippen LogP contribution in [0.4, 0.5) is 5.69 Å². The Labute approximate surface area is 162 Å². The van der Waals surface area contributed by atoms with Gasteiger partial charge in [-0.2, -0.15) is 0 Å². The Bertz CT molecular complexity index is 901. The standard InChI is InChI=1S/C25H22NP/c1-5-13-21(14-6-1)25(26-22-15-7-2-8-16-22)27(23-17-9-3-10-18-23)24-19-11-4-12-20-24/h1-20,25-26H.